The molecule has 3 N–H and O–H groups in total. The zero-order valence-electron chi connectivity index (χ0n) is 15.4. The van der Waals surface area contributed by atoms with Crippen molar-refractivity contribution in [3.05, 3.63) is 64.1 Å². The van der Waals surface area contributed by atoms with E-state index in [1.54, 1.807) is 31.4 Å². The largest absolute Gasteiger partial charge is 0.497 e. The van der Waals surface area contributed by atoms with Crippen LogP contribution in [-0.2, 0) is 6.54 Å². The highest BCUT2D eigenvalue weighted by molar-refractivity contribution is 7.13. The van der Waals surface area contributed by atoms with Crippen LogP contribution in [0.4, 0.5) is 16.2 Å². The average Bonchev–Trinajstić information content (AvgIpc) is 3.18. The minimum atomic E-state index is -0.363. The Morgan fingerprint density at radius 2 is 1.61 bits per heavy atom. The van der Waals surface area contributed by atoms with E-state index in [9.17, 15) is 9.59 Å². The van der Waals surface area contributed by atoms with Crippen molar-refractivity contribution >= 4 is 34.6 Å². The number of aryl methyl sites for hydroxylation is 1. The summed E-state index contributed by atoms with van der Waals surface area (Å²) >= 11 is 1.12. The van der Waals surface area contributed by atoms with Crippen LogP contribution in [0.5, 0.6) is 5.75 Å². The fraction of sp³-hybridized carbons (Fsp3) is 0.158. The smallest absolute Gasteiger partial charge is 0.319 e. The molecule has 0 bridgehead atoms. The minimum Gasteiger partial charge on any atom is -0.497 e. The van der Waals surface area contributed by atoms with Gasteiger partial charge in [0, 0.05) is 11.4 Å². The molecule has 3 rings (SSSR count). The maximum absolute atomic E-state index is 12.3. The number of nitrogens with one attached hydrogen (secondary N) is 3. The molecule has 28 heavy (non-hydrogen) atoms. The van der Waals surface area contributed by atoms with E-state index in [0.29, 0.717) is 22.1 Å². The first kappa shape index (κ1) is 19.3. The number of rotatable bonds is 6. The second kappa shape index (κ2) is 8.96. The van der Waals surface area contributed by atoms with Crippen molar-refractivity contribution in [2.75, 3.05) is 17.7 Å². The number of carbonyl (C=O) groups excluding carboxylic acids is 2. The molecule has 8 nitrogen and oxygen atoms in total. The van der Waals surface area contributed by atoms with Crippen molar-refractivity contribution in [2.24, 2.45) is 0 Å². The number of aromatic nitrogens is 2. The van der Waals surface area contributed by atoms with E-state index in [0.717, 1.165) is 16.9 Å². The van der Waals surface area contributed by atoms with E-state index in [4.69, 9.17) is 4.74 Å². The number of ether oxygens (including phenoxy) is 1. The summed E-state index contributed by atoms with van der Waals surface area (Å²) in [6, 6.07) is 14.1. The number of benzene rings is 2. The molecule has 0 saturated heterocycles. The minimum absolute atomic E-state index is 0.172. The SMILES string of the molecule is COc1ccc(NC(=O)c2nnc(CNC(=O)Nc3ccc(C)cc3)s2)cc1. The molecule has 0 atom stereocenters. The van der Waals surface area contributed by atoms with Crippen LogP contribution in [0.3, 0.4) is 0 Å². The molecule has 0 spiro atoms. The van der Waals surface area contributed by atoms with Gasteiger partial charge in [0.2, 0.25) is 5.01 Å². The van der Waals surface area contributed by atoms with Gasteiger partial charge in [-0.2, -0.15) is 0 Å². The molecule has 2 aromatic carbocycles. The predicted molar refractivity (Wildman–Crippen MR) is 108 cm³/mol. The highest BCUT2D eigenvalue weighted by Crippen LogP contribution is 2.17. The zero-order valence-corrected chi connectivity index (χ0v) is 16.2. The molecule has 3 aromatic rings. The van der Waals surface area contributed by atoms with Crippen molar-refractivity contribution in [3.8, 4) is 5.75 Å². The quantitative estimate of drug-likeness (QED) is 0.591. The number of anilines is 2. The van der Waals surface area contributed by atoms with Crippen LogP contribution in [0.15, 0.2) is 48.5 Å². The van der Waals surface area contributed by atoms with Gasteiger partial charge in [0.15, 0.2) is 0 Å². The maximum Gasteiger partial charge on any atom is 0.319 e. The van der Waals surface area contributed by atoms with E-state index in [2.05, 4.69) is 26.1 Å². The summed E-state index contributed by atoms with van der Waals surface area (Å²) in [5.74, 6) is 0.337. The van der Waals surface area contributed by atoms with Crippen LogP contribution >= 0.6 is 11.3 Å². The Bertz CT molecular complexity index is 954. The summed E-state index contributed by atoms with van der Waals surface area (Å²) in [7, 11) is 1.57. The zero-order chi connectivity index (χ0) is 19.9. The Labute approximate surface area is 166 Å². The van der Waals surface area contributed by atoms with Crippen LogP contribution < -0.4 is 20.7 Å². The molecule has 1 heterocycles. The molecule has 0 fully saturated rings. The summed E-state index contributed by atoms with van der Waals surface area (Å²) in [5.41, 5.74) is 2.43. The molecule has 0 radical (unpaired) electrons. The molecule has 144 valence electrons. The predicted octanol–water partition coefficient (Wildman–Crippen LogP) is 3.43. The van der Waals surface area contributed by atoms with Crippen molar-refractivity contribution < 1.29 is 14.3 Å². The Morgan fingerprint density at radius 3 is 2.29 bits per heavy atom. The Balaban J connectivity index is 1.50. The van der Waals surface area contributed by atoms with Crippen molar-refractivity contribution in [3.63, 3.8) is 0 Å². The lowest BCUT2D eigenvalue weighted by Crippen LogP contribution is -2.28. The first-order valence-corrected chi connectivity index (χ1v) is 9.24. The third-order valence-electron chi connectivity index (χ3n) is 3.72. The highest BCUT2D eigenvalue weighted by atomic mass is 32.1. The lowest BCUT2D eigenvalue weighted by molar-refractivity contribution is 0.102. The summed E-state index contributed by atoms with van der Waals surface area (Å²) in [6.45, 7) is 2.15. The van der Waals surface area contributed by atoms with Gasteiger partial charge >= 0.3 is 6.03 Å². The molecule has 0 aliphatic rings. The molecular formula is C19H19N5O3S. The standard InChI is InChI=1S/C19H19N5O3S/c1-12-3-5-14(6-4-12)22-19(26)20-11-16-23-24-18(28-16)17(25)21-13-7-9-15(27-2)10-8-13/h3-10H,11H2,1-2H3,(H,21,25)(H2,20,22,26). The number of amides is 3. The van der Waals surface area contributed by atoms with E-state index in [-0.39, 0.29) is 23.5 Å². The lowest BCUT2D eigenvalue weighted by Gasteiger charge is -2.06. The van der Waals surface area contributed by atoms with E-state index < -0.39 is 0 Å². The number of carbonyl (C=O) groups is 2. The van der Waals surface area contributed by atoms with Crippen LogP contribution in [0.25, 0.3) is 0 Å². The maximum atomic E-state index is 12.3. The Morgan fingerprint density at radius 1 is 0.964 bits per heavy atom. The van der Waals surface area contributed by atoms with Crippen LogP contribution in [0.2, 0.25) is 0 Å². The van der Waals surface area contributed by atoms with Crippen LogP contribution in [0, 0.1) is 6.92 Å². The molecule has 0 aliphatic heterocycles. The molecule has 0 saturated carbocycles. The van der Waals surface area contributed by atoms with Gasteiger partial charge in [-0.3, -0.25) is 4.79 Å². The van der Waals surface area contributed by atoms with Crippen molar-refractivity contribution in [2.45, 2.75) is 13.5 Å². The van der Waals surface area contributed by atoms with Crippen molar-refractivity contribution in [1.29, 1.82) is 0 Å². The molecule has 3 amide bonds. The van der Waals surface area contributed by atoms with Crippen molar-refractivity contribution in [1.82, 2.24) is 15.5 Å². The monoisotopic (exact) mass is 397 g/mol. The molecular weight excluding hydrogens is 378 g/mol. The number of urea groups is 1. The van der Waals surface area contributed by atoms with Gasteiger partial charge in [0.05, 0.1) is 13.7 Å². The van der Waals surface area contributed by atoms with Gasteiger partial charge in [-0.05, 0) is 43.3 Å². The summed E-state index contributed by atoms with van der Waals surface area (Å²) in [4.78, 5) is 24.2. The summed E-state index contributed by atoms with van der Waals surface area (Å²) in [5, 5.41) is 16.7. The highest BCUT2D eigenvalue weighted by Gasteiger charge is 2.14. The Hall–Kier alpha value is -3.46. The molecule has 0 unspecified atom stereocenters. The van der Waals surface area contributed by atoms with E-state index in [1.165, 1.54) is 0 Å². The summed E-state index contributed by atoms with van der Waals surface area (Å²) < 4.78 is 5.08. The van der Waals surface area contributed by atoms with Gasteiger partial charge in [-0.25, -0.2) is 4.79 Å². The second-order valence-corrected chi connectivity index (χ2v) is 6.92. The normalized spacial score (nSPS) is 10.2. The van der Waals surface area contributed by atoms with Gasteiger partial charge in [-0.1, -0.05) is 29.0 Å². The summed E-state index contributed by atoms with van der Waals surface area (Å²) in [6.07, 6.45) is 0. The number of nitrogens with zero attached hydrogens (tertiary/aromatic N) is 2. The van der Waals surface area contributed by atoms with E-state index in [1.807, 2.05) is 31.2 Å². The van der Waals surface area contributed by atoms with Gasteiger partial charge < -0.3 is 20.7 Å². The van der Waals surface area contributed by atoms with Gasteiger partial charge in [0.1, 0.15) is 10.8 Å². The number of hydrogen-bond donors (Lipinski definition) is 3. The molecule has 0 aliphatic carbocycles. The number of methoxy groups -OCH3 is 1. The van der Waals surface area contributed by atoms with Crippen LogP contribution in [-0.4, -0.2) is 29.2 Å². The second-order valence-electron chi connectivity index (χ2n) is 5.86. The fourth-order valence-electron chi connectivity index (χ4n) is 2.24. The van der Waals surface area contributed by atoms with Gasteiger partial charge in [0.25, 0.3) is 5.91 Å². The third-order valence-corrected chi connectivity index (χ3v) is 4.64. The first-order valence-electron chi connectivity index (χ1n) is 8.43. The lowest BCUT2D eigenvalue weighted by atomic mass is 10.2. The van der Waals surface area contributed by atoms with E-state index >= 15 is 0 Å². The first-order chi connectivity index (χ1) is 13.5. The topological polar surface area (TPSA) is 105 Å². The molecule has 9 heteroatoms. The Kier molecular flexibility index (Phi) is 6.18. The average molecular weight is 397 g/mol. The molecule has 1 aromatic heterocycles. The van der Waals surface area contributed by atoms with Gasteiger partial charge in [-0.15, -0.1) is 10.2 Å². The number of hydrogen-bond acceptors (Lipinski definition) is 6. The van der Waals surface area contributed by atoms with Crippen LogP contribution in [0.1, 0.15) is 20.4 Å². The fourth-order valence-corrected chi connectivity index (χ4v) is 2.92. The third kappa shape index (κ3) is 5.27.